The van der Waals surface area contributed by atoms with Gasteiger partial charge in [-0.25, -0.2) is 0 Å². The van der Waals surface area contributed by atoms with Gasteiger partial charge in [0.2, 0.25) is 0 Å². The number of carbonyl (C=O) groups excluding carboxylic acids is 1. The van der Waals surface area contributed by atoms with E-state index >= 15 is 0 Å². The molecule has 1 aliphatic heterocycles. The molecule has 3 aromatic rings. The van der Waals surface area contributed by atoms with Crippen molar-refractivity contribution in [3.8, 4) is 5.75 Å². The molecule has 0 saturated carbocycles. The molecule has 0 fully saturated rings. The maximum absolute atomic E-state index is 12.8. The van der Waals surface area contributed by atoms with E-state index in [4.69, 9.17) is 9.47 Å². The van der Waals surface area contributed by atoms with Crippen LogP contribution in [0.2, 0.25) is 0 Å². The fourth-order valence-electron chi connectivity index (χ4n) is 4.31. The molecule has 5 heteroatoms. The van der Waals surface area contributed by atoms with E-state index in [9.17, 15) is 4.79 Å². The van der Waals surface area contributed by atoms with Crippen LogP contribution in [0.25, 0.3) is 0 Å². The topological polar surface area (TPSA) is 50.8 Å². The van der Waals surface area contributed by atoms with Gasteiger partial charge >= 0.3 is 0 Å². The van der Waals surface area contributed by atoms with Gasteiger partial charge in [0.1, 0.15) is 12.4 Å². The molecule has 1 amide bonds. The summed E-state index contributed by atoms with van der Waals surface area (Å²) in [6, 6.07) is 28.8. The van der Waals surface area contributed by atoms with Crippen molar-refractivity contribution in [2.75, 3.05) is 32.9 Å². The summed E-state index contributed by atoms with van der Waals surface area (Å²) in [4.78, 5) is 15.3. The van der Waals surface area contributed by atoms with Gasteiger partial charge in [0, 0.05) is 25.7 Å². The van der Waals surface area contributed by atoms with Crippen LogP contribution in [-0.4, -0.2) is 49.8 Å². The Hall–Kier alpha value is -3.15. The van der Waals surface area contributed by atoms with E-state index < -0.39 is 0 Å². The van der Waals surface area contributed by atoms with Gasteiger partial charge < -0.3 is 14.8 Å². The zero-order valence-corrected chi connectivity index (χ0v) is 19.7. The minimum Gasteiger partial charge on any atom is -0.491 e. The van der Waals surface area contributed by atoms with Crippen LogP contribution < -0.4 is 10.1 Å². The molecule has 34 heavy (non-hydrogen) atoms. The van der Waals surface area contributed by atoms with Crippen LogP contribution in [0.5, 0.6) is 5.75 Å². The maximum Gasteiger partial charge on any atom is 0.255 e. The zero-order valence-electron chi connectivity index (χ0n) is 19.7. The molecule has 3 aromatic carbocycles. The van der Waals surface area contributed by atoms with E-state index in [1.165, 1.54) is 11.1 Å². The third-order valence-electron chi connectivity index (χ3n) is 6.14. The quantitative estimate of drug-likeness (QED) is 0.615. The number of hydrogen-bond donors (Lipinski definition) is 1. The van der Waals surface area contributed by atoms with Crippen molar-refractivity contribution in [2.45, 2.75) is 31.8 Å². The highest BCUT2D eigenvalue weighted by atomic mass is 16.5. The van der Waals surface area contributed by atoms with Crippen LogP contribution >= 0.6 is 0 Å². The number of nitrogens with one attached hydrogen (secondary N) is 1. The molecular weight excluding hydrogens is 424 g/mol. The second-order valence-electron chi connectivity index (χ2n) is 8.68. The lowest BCUT2D eigenvalue weighted by Gasteiger charge is -2.32. The van der Waals surface area contributed by atoms with Gasteiger partial charge in [0.25, 0.3) is 5.91 Å². The fraction of sp³-hybridized carbons (Fsp3) is 0.345. The minimum absolute atomic E-state index is 0.130. The van der Waals surface area contributed by atoms with Crippen molar-refractivity contribution in [3.63, 3.8) is 0 Å². The Kier molecular flexibility index (Phi) is 9.12. The van der Waals surface area contributed by atoms with Gasteiger partial charge in [-0.05, 0) is 49.1 Å². The predicted octanol–water partition coefficient (Wildman–Crippen LogP) is 4.72. The first-order valence-corrected chi connectivity index (χ1v) is 12.2. The lowest BCUT2D eigenvalue weighted by atomic mass is 10.0. The second kappa shape index (κ2) is 12.9. The molecule has 1 heterocycles. The number of benzene rings is 3. The SMILES string of the molecule is O=C1NCCOCCCCN(Cc2ccccc2)[C@@H](Cc2ccccc2)COc2ccccc21. The molecule has 5 nitrogen and oxygen atoms in total. The van der Waals surface area contributed by atoms with Crippen LogP contribution in [0.15, 0.2) is 84.9 Å². The van der Waals surface area contributed by atoms with Gasteiger partial charge in [0.15, 0.2) is 0 Å². The summed E-state index contributed by atoms with van der Waals surface area (Å²) >= 11 is 0. The number of amides is 1. The molecular formula is C29H34N2O3. The van der Waals surface area contributed by atoms with Crippen molar-refractivity contribution in [2.24, 2.45) is 0 Å². The minimum atomic E-state index is -0.130. The molecule has 0 radical (unpaired) electrons. The van der Waals surface area contributed by atoms with Gasteiger partial charge in [-0.2, -0.15) is 0 Å². The first kappa shape index (κ1) is 24.0. The molecule has 0 aliphatic carbocycles. The third-order valence-corrected chi connectivity index (χ3v) is 6.14. The summed E-state index contributed by atoms with van der Waals surface area (Å²) in [5.41, 5.74) is 3.13. The number of fused-ring (bicyclic) bond motifs is 1. The summed E-state index contributed by atoms with van der Waals surface area (Å²) in [6.07, 6.45) is 2.90. The Morgan fingerprint density at radius 3 is 2.32 bits per heavy atom. The first-order chi connectivity index (χ1) is 16.8. The van der Waals surface area contributed by atoms with E-state index in [0.29, 0.717) is 37.7 Å². The monoisotopic (exact) mass is 458 g/mol. The highest BCUT2D eigenvalue weighted by Crippen LogP contribution is 2.21. The van der Waals surface area contributed by atoms with Crippen molar-refractivity contribution in [3.05, 3.63) is 102 Å². The number of para-hydroxylation sites is 1. The molecule has 178 valence electrons. The average Bonchev–Trinajstić information content (AvgIpc) is 2.88. The number of ether oxygens (including phenoxy) is 2. The maximum atomic E-state index is 12.8. The van der Waals surface area contributed by atoms with E-state index in [1.807, 2.05) is 30.3 Å². The van der Waals surface area contributed by atoms with Crippen LogP contribution in [-0.2, 0) is 17.7 Å². The summed E-state index contributed by atoms with van der Waals surface area (Å²) < 4.78 is 12.1. The molecule has 1 N–H and O–H groups in total. The number of hydrogen-bond acceptors (Lipinski definition) is 4. The Labute approximate surface area is 202 Å². The van der Waals surface area contributed by atoms with Crippen LogP contribution in [0.3, 0.4) is 0 Å². The van der Waals surface area contributed by atoms with Crippen molar-refractivity contribution in [1.82, 2.24) is 10.2 Å². The molecule has 1 aliphatic rings. The van der Waals surface area contributed by atoms with Crippen molar-refractivity contribution >= 4 is 5.91 Å². The van der Waals surface area contributed by atoms with E-state index in [0.717, 1.165) is 32.4 Å². The fourth-order valence-corrected chi connectivity index (χ4v) is 4.31. The van der Waals surface area contributed by atoms with Crippen LogP contribution in [0.4, 0.5) is 0 Å². The van der Waals surface area contributed by atoms with Crippen molar-refractivity contribution < 1.29 is 14.3 Å². The number of rotatable bonds is 4. The molecule has 0 spiro atoms. The highest BCUT2D eigenvalue weighted by Gasteiger charge is 2.22. The summed E-state index contributed by atoms with van der Waals surface area (Å²) in [7, 11) is 0. The second-order valence-corrected chi connectivity index (χ2v) is 8.68. The Morgan fingerprint density at radius 1 is 0.824 bits per heavy atom. The standard InChI is InChI=1S/C29H34N2O3/c32-29-27-15-7-8-16-28(27)34-23-26(21-24-11-3-1-4-12-24)31(22-25-13-5-2-6-14-25)18-9-10-19-33-20-17-30-29/h1-8,11-16,26H,9-10,17-23H2,(H,30,32)/t26-/m0/s1. The van der Waals surface area contributed by atoms with Crippen LogP contribution in [0, 0.1) is 0 Å². The normalized spacial score (nSPS) is 18.6. The summed E-state index contributed by atoms with van der Waals surface area (Å²) in [6.45, 7) is 4.01. The molecule has 0 bridgehead atoms. The molecule has 0 saturated heterocycles. The number of nitrogens with zero attached hydrogens (tertiary/aromatic N) is 1. The van der Waals surface area contributed by atoms with Gasteiger partial charge in [-0.15, -0.1) is 0 Å². The molecule has 0 unspecified atom stereocenters. The Bertz CT molecular complexity index is 1010. The Balaban J connectivity index is 1.61. The van der Waals surface area contributed by atoms with Gasteiger partial charge in [-0.3, -0.25) is 9.69 Å². The highest BCUT2D eigenvalue weighted by molar-refractivity contribution is 5.96. The van der Waals surface area contributed by atoms with E-state index in [2.05, 4.69) is 64.8 Å². The molecule has 1 atom stereocenters. The third kappa shape index (κ3) is 7.17. The zero-order chi connectivity index (χ0) is 23.4. The first-order valence-electron chi connectivity index (χ1n) is 12.2. The summed E-state index contributed by atoms with van der Waals surface area (Å²) in [5, 5.41) is 2.95. The molecule has 4 rings (SSSR count). The smallest absolute Gasteiger partial charge is 0.255 e. The van der Waals surface area contributed by atoms with Crippen LogP contribution in [0.1, 0.15) is 34.3 Å². The van der Waals surface area contributed by atoms with E-state index in [1.54, 1.807) is 0 Å². The predicted molar refractivity (Wildman–Crippen MR) is 135 cm³/mol. The molecule has 0 aromatic heterocycles. The Morgan fingerprint density at radius 2 is 1.53 bits per heavy atom. The van der Waals surface area contributed by atoms with E-state index in [-0.39, 0.29) is 11.9 Å². The number of carbonyl (C=O) groups is 1. The van der Waals surface area contributed by atoms with Crippen molar-refractivity contribution in [1.29, 1.82) is 0 Å². The lowest BCUT2D eigenvalue weighted by molar-refractivity contribution is 0.0908. The summed E-state index contributed by atoms with van der Waals surface area (Å²) in [5.74, 6) is 0.489. The average molecular weight is 459 g/mol. The lowest BCUT2D eigenvalue weighted by Crippen LogP contribution is -2.41. The largest absolute Gasteiger partial charge is 0.491 e. The van der Waals surface area contributed by atoms with Gasteiger partial charge in [0.05, 0.1) is 12.2 Å². The van der Waals surface area contributed by atoms with Gasteiger partial charge in [-0.1, -0.05) is 72.8 Å².